The molecule has 116 valence electrons. The molecule has 22 heavy (non-hydrogen) atoms. The summed E-state index contributed by atoms with van der Waals surface area (Å²) in [7, 11) is 0. The van der Waals surface area contributed by atoms with Gasteiger partial charge >= 0.3 is 0 Å². The maximum atomic E-state index is 12.7. The molecule has 0 N–H and O–H groups in total. The molecule has 1 saturated carbocycles. The number of anilines is 1. The number of aromatic nitrogens is 3. The van der Waals surface area contributed by atoms with E-state index in [1.807, 2.05) is 17.0 Å². The monoisotopic (exact) mass is 316 g/mol. The summed E-state index contributed by atoms with van der Waals surface area (Å²) in [4.78, 5) is 18.5. The molecular formula is C16H20N4OS. The summed E-state index contributed by atoms with van der Waals surface area (Å²) in [5.41, 5.74) is 0.986. The number of rotatable bonds is 5. The van der Waals surface area contributed by atoms with E-state index < -0.39 is 0 Å². The molecule has 1 aliphatic carbocycles. The van der Waals surface area contributed by atoms with Gasteiger partial charge in [-0.15, -0.1) is 10.2 Å². The molecule has 0 spiro atoms. The van der Waals surface area contributed by atoms with Crippen LogP contribution in [0.25, 0.3) is 10.6 Å². The lowest BCUT2D eigenvalue weighted by atomic mass is 9.84. The third kappa shape index (κ3) is 3.16. The second-order valence-electron chi connectivity index (χ2n) is 6.10. The Morgan fingerprint density at radius 2 is 2.05 bits per heavy atom. The third-order valence-electron chi connectivity index (χ3n) is 3.84. The summed E-state index contributed by atoms with van der Waals surface area (Å²) in [5, 5.41) is 10.0. The van der Waals surface area contributed by atoms with E-state index in [2.05, 4.69) is 29.0 Å². The van der Waals surface area contributed by atoms with Crippen LogP contribution in [0.1, 0.15) is 33.1 Å². The fourth-order valence-corrected chi connectivity index (χ4v) is 3.30. The minimum absolute atomic E-state index is 0.173. The van der Waals surface area contributed by atoms with Crippen molar-refractivity contribution in [3.8, 4) is 10.6 Å². The van der Waals surface area contributed by atoms with Crippen LogP contribution in [0.3, 0.4) is 0 Å². The first-order valence-corrected chi connectivity index (χ1v) is 8.52. The van der Waals surface area contributed by atoms with Gasteiger partial charge in [-0.2, -0.15) is 0 Å². The van der Waals surface area contributed by atoms with E-state index in [4.69, 9.17) is 0 Å². The molecule has 0 radical (unpaired) electrons. The summed E-state index contributed by atoms with van der Waals surface area (Å²) in [6.07, 6.45) is 6.64. The van der Waals surface area contributed by atoms with E-state index in [-0.39, 0.29) is 11.8 Å². The highest BCUT2D eigenvalue weighted by molar-refractivity contribution is 7.18. The molecular weight excluding hydrogens is 296 g/mol. The zero-order valence-electron chi connectivity index (χ0n) is 12.9. The van der Waals surface area contributed by atoms with Crippen molar-refractivity contribution < 1.29 is 4.79 Å². The van der Waals surface area contributed by atoms with Crippen molar-refractivity contribution >= 4 is 22.4 Å². The number of hydrogen-bond acceptors (Lipinski definition) is 5. The average molecular weight is 316 g/mol. The van der Waals surface area contributed by atoms with Gasteiger partial charge in [0, 0.05) is 30.4 Å². The van der Waals surface area contributed by atoms with Crippen molar-refractivity contribution in [3.05, 3.63) is 24.5 Å². The number of carbonyl (C=O) groups is 1. The summed E-state index contributed by atoms with van der Waals surface area (Å²) in [6, 6.07) is 3.82. The molecule has 2 heterocycles. The molecule has 5 nitrogen and oxygen atoms in total. The zero-order valence-corrected chi connectivity index (χ0v) is 13.7. The van der Waals surface area contributed by atoms with Crippen LogP contribution >= 0.6 is 11.3 Å². The Balaban J connectivity index is 1.84. The SMILES string of the molecule is CC(C)CN(C(=O)C1CCC1)c1nnc(-c2ccncc2)s1. The van der Waals surface area contributed by atoms with Gasteiger partial charge in [0.2, 0.25) is 11.0 Å². The average Bonchev–Trinajstić information content (AvgIpc) is 2.93. The summed E-state index contributed by atoms with van der Waals surface area (Å²) in [6.45, 7) is 4.93. The fraction of sp³-hybridized carbons (Fsp3) is 0.500. The van der Waals surface area contributed by atoms with E-state index in [1.54, 1.807) is 12.4 Å². The molecule has 0 aliphatic heterocycles. The van der Waals surface area contributed by atoms with Gasteiger partial charge in [0.15, 0.2) is 0 Å². The van der Waals surface area contributed by atoms with Crippen LogP contribution in [0.5, 0.6) is 0 Å². The predicted molar refractivity (Wildman–Crippen MR) is 87.7 cm³/mol. The molecule has 1 fully saturated rings. The fourth-order valence-electron chi connectivity index (χ4n) is 2.44. The molecule has 1 aliphatic rings. The quantitative estimate of drug-likeness (QED) is 0.848. The first kappa shape index (κ1) is 15.1. The molecule has 0 unspecified atom stereocenters. The topological polar surface area (TPSA) is 59.0 Å². The molecule has 1 amide bonds. The largest absolute Gasteiger partial charge is 0.286 e. The van der Waals surface area contributed by atoms with E-state index >= 15 is 0 Å². The summed E-state index contributed by atoms with van der Waals surface area (Å²) >= 11 is 1.47. The minimum Gasteiger partial charge on any atom is -0.286 e. The molecule has 0 aromatic carbocycles. The van der Waals surface area contributed by atoms with E-state index in [9.17, 15) is 4.79 Å². The van der Waals surface area contributed by atoms with Crippen molar-refractivity contribution in [2.24, 2.45) is 11.8 Å². The van der Waals surface area contributed by atoms with Gasteiger partial charge in [-0.1, -0.05) is 31.6 Å². The van der Waals surface area contributed by atoms with Gasteiger partial charge in [0.1, 0.15) is 5.01 Å². The Bertz CT molecular complexity index is 637. The molecule has 6 heteroatoms. The number of nitrogens with zero attached hydrogens (tertiary/aromatic N) is 4. The van der Waals surface area contributed by atoms with E-state index in [1.165, 1.54) is 11.3 Å². The number of hydrogen-bond donors (Lipinski definition) is 0. The first-order chi connectivity index (χ1) is 10.6. The lowest BCUT2D eigenvalue weighted by Crippen LogP contribution is -2.41. The highest BCUT2D eigenvalue weighted by atomic mass is 32.1. The van der Waals surface area contributed by atoms with Crippen LogP contribution < -0.4 is 4.90 Å². The van der Waals surface area contributed by atoms with Crippen molar-refractivity contribution in [2.45, 2.75) is 33.1 Å². The van der Waals surface area contributed by atoms with Crippen LogP contribution in [0.15, 0.2) is 24.5 Å². The van der Waals surface area contributed by atoms with Gasteiger partial charge < -0.3 is 0 Å². The molecule has 0 atom stereocenters. The van der Waals surface area contributed by atoms with Gasteiger partial charge in [0.25, 0.3) is 0 Å². The molecule has 2 aromatic heterocycles. The highest BCUT2D eigenvalue weighted by Gasteiger charge is 2.32. The maximum Gasteiger partial charge on any atom is 0.231 e. The number of amides is 1. The normalized spacial score (nSPS) is 14.9. The van der Waals surface area contributed by atoms with Crippen molar-refractivity contribution in [1.29, 1.82) is 0 Å². The van der Waals surface area contributed by atoms with Crippen LogP contribution in [-0.4, -0.2) is 27.6 Å². The Labute approximate surface area is 134 Å². The number of pyridine rings is 1. The van der Waals surface area contributed by atoms with Gasteiger partial charge in [0.05, 0.1) is 0 Å². The second-order valence-corrected chi connectivity index (χ2v) is 7.05. The zero-order chi connectivity index (χ0) is 15.5. The van der Waals surface area contributed by atoms with Crippen molar-refractivity contribution in [2.75, 3.05) is 11.4 Å². The van der Waals surface area contributed by atoms with Crippen molar-refractivity contribution in [1.82, 2.24) is 15.2 Å². The standard InChI is InChI=1S/C16H20N4OS/c1-11(2)10-20(15(21)13-4-3-5-13)16-19-18-14(22-16)12-6-8-17-9-7-12/h6-9,11,13H,3-5,10H2,1-2H3. The molecule has 3 rings (SSSR count). The van der Waals surface area contributed by atoms with Crippen LogP contribution in [-0.2, 0) is 4.79 Å². The molecule has 0 bridgehead atoms. The minimum atomic E-state index is 0.173. The Morgan fingerprint density at radius 1 is 1.32 bits per heavy atom. The maximum absolute atomic E-state index is 12.7. The predicted octanol–water partition coefficient (Wildman–Crippen LogP) is 3.39. The first-order valence-electron chi connectivity index (χ1n) is 7.70. The number of carbonyl (C=O) groups excluding carboxylic acids is 1. The van der Waals surface area contributed by atoms with E-state index in [0.717, 1.165) is 29.8 Å². The summed E-state index contributed by atoms with van der Waals surface area (Å²) in [5.74, 6) is 0.779. The smallest absolute Gasteiger partial charge is 0.231 e. The lowest BCUT2D eigenvalue weighted by molar-refractivity contribution is -0.124. The van der Waals surface area contributed by atoms with Crippen molar-refractivity contribution in [3.63, 3.8) is 0 Å². The Kier molecular flexibility index (Phi) is 4.47. The van der Waals surface area contributed by atoms with Crippen LogP contribution in [0, 0.1) is 11.8 Å². The summed E-state index contributed by atoms with van der Waals surface area (Å²) < 4.78 is 0. The second kappa shape index (κ2) is 6.52. The van der Waals surface area contributed by atoms with E-state index in [0.29, 0.717) is 17.6 Å². The Morgan fingerprint density at radius 3 is 2.64 bits per heavy atom. The highest BCUT2D eigenvalue weighted by Crippen LogP contribution is 2.33. The van der Waals surface area contributed by atoms with Gasteiger partial charge in [-0.3, -0.25) is 14.7 Å². The Hall–Kier alpha value is -1.82. The van der Waals surface area contributed by atoms with Gasteiger partial charge in [-0.25, -0.2) is 0 Å². The molecule has 0 saturated heterocycles. The van der Waals surface area contributed by atoms with Crippen LogP contribution in [0.4, 0.5) is 5.13 Å². The molecule has 2 aromatic rings. The van der Waals surface area contributed by atoms with Gasteiger partial charge in [-0.05, 0) is 30.9 Å². The lowest BCUT2D eigenvalue weighted by Gasteiger charge is -2.30. The van der Waals surface area contributed by atoms with Crippen LogP contribution in [0.2, 0.25) is 0 Å². The third-order valence-corrected chi connectivity index (χ3v) is 4.84.